The number of ether oxygens (including phenoxy) is 2. The summed E-state index contributed by atoms with van der Waals surface area (Å²) in [4.78, 5) is 4.70. The molecule has 0 amide bonds. The summed E-state index contributed by atoms with van der Waals surface area (Å²) in [7, 11) is 0. The van der Waals surface area contributed by atoms with E-state index in [9.17, 15) is 0 Å². The molecule has 1 aliphatic carbocycles. The highest BCUT2D eigenvalue weighted by Crippen LogP contribution is 2.45. The summed E-state index contributed by atoms with van der Waals surface area (Å²) >= 11 is 3.70. The molecule has 0 N–H and O–H groups in total. The molecule has 2 aliphatic rings. The first-order chi connectivity index (χ1) is 11.2. The van der Waals surface area contributed by atoms with Crippen LogP contribution in [0.4, 0.5) is 0 Å². The number of fused-ring (bicyclic) bond motifs is 1. The quantitative estimate of drug-likeness (QED) is 0.703. The number of rotatable bonds is 5. The van der Waals surface area contributed by atoms with Gasteiger partial charge in [0.2, 0.25) is 0 Å². The minimum atomic E-state index is 0.0286. The van der Waals surface area contributed by atoms with Crippen LogP contribution in [-0.4, -0.2) is 29.2 Å². The molecule has 124 valence electrons. The second-order valence-electron chi connectivity index (χ2n) is 6.90. The molecule has 1 atom stereocenters. The number of hydrogen-bond donors (Lipinski definition) is 0. The summed E-state index contributed by atoms with van der Waals surface area (Å²) in [5.41, 5.74) is 1.15. The highest BCUT2D eigenvalue weighted by atomic mass is 32.2. The fraction of sp³-hybridized carbons (Fsp3) is 0.611. The van der Waals surface area contributed by atoms with Gasteiger partial charge in [-0.25, -0.2) is 4.98 Å². The zero-order chi connectivity index (χ0) is 15.7. The Balaban J connectivity index is 1.25. The van der Waals surface area contributed by atoms with Crippen LogP contribution in [-0.2, 0) is 9.47 Å². The molecule has 1 aliphatic heterocycles. The van der Waals surface area contributed by atoms with Crippen molar-refractivity contribution in [3.05, 3.63) is 24.3 Å². The summed E-state index contributed by atoms with van der Waals surface area (Å²) in [5, 5.41) is 0. The average molecular weight is 350 g/mol. The molecule has 1 saturated heterocycles. The lowest BCUT2D eigenvalue weighted by molar-refractivity contribution is -0.248. The predicted octanol–water partition coefficient (Wildman–Crippen LogP) is 5.10. The van der Waals surface area contributed by atoms with E-state index in [2.05, 4.69) is 31.2 Å². The molecule has 23 heavy (non-hydrogen) atoms. The molecular formula is C18H23NO2S2. The molecule has 0 spiro atoms. The molecule has 0 radical (unpaired) electrons. The molecule has 2 aromatic rings. The fourth-order valence-electron chi connectivity index (χ4n) is 3.60. The first-order valence-corrected chi connectivity index (χ1v) is 10.3. The van der Waals surface area contributed by atoms with Gasteiger partial charge in [-0.15, -0.1) is 11.3 Å². The smallest absolute Gasteiger partial charge is 0.158 e. The molecule has 1 saturated carbocycles. The van der Waals surface area contributed by atoms with Gasteiger partial charge in [-0.05, 0) is 57.1 Å². The van der Waals surface area contributed by atoms with Crippen molar-refractivity contribution in [3.63, 3.8) is 0 Å². The third-order valence-electron chi connectivity index (χ3n) is 4.71. The number of nitrogens with zero attached hydrogens (tertiary/aromatic N) is 1. The van der Waals surface area contributed by atoms with Gasteiger partial charge in [0, 0.05) is 12.4 Å². The topological polar surface area (TPSA) is 31.4 Å². The summed E-state index contributed by atoms with van der Waals surface area (Å²) in [5.74, 6) is 1.88. The maximum Gasteiger partial charge on any atom is 0.158 e. The maximum atomic E-state index is 6.20. The van der Waals surface area contributed by atoms with Crippen molar-refractivity contribution in [3.8, 4) is 0 Å². The van der Waals surface area contributed by atoms with Crippen LogP contribution in [0.25, 0.3) is 10.2 Å². The molecule has 2 fully saturated rings. The van der Waals surface area contributed by atoms with Crippen LogP contribution in [0.2, 0.25) is 0 Å². The Kier molecular flexibility index (Phi) is 4.63. The Bertz CT molecular complexity index is 627. The molecule has 1 aromatic carbocycles. The Morgan fingerprint density at radius 1 is 1.35 bits per heavy atom. The number of para-hydroxylation sites is 1. The third-order valence-corrected chi connectivity index (χ3v) is 7.12. The van der Waals surface area contributed by atoms with Gasteiger partial charge in [0.05, 0.1) is 15.8 Å². The van der Waals surface area contributed by atoms with Gasteiger partial charge in [-0.2, -0.15) is 0 Å². The Labute approximate surface area is 145 Å². The van der Waals surface area contributed by atoms with E-state index in [1.807, 2.05) is 11.8 Å². The van der Waals surface area contributed by atoms with Crippen LogP contribution >= 0.6 is 23.1 Å². The molecule has 5 heteroatoms. The van der Waals surface area contributed by atoms with Crippen LogP contribution in [0.15, 0.2) is 28.6 Å². The zero-order valence-corrected chi connectivity index (χ0v) is 15.1. The van der Waals surface area contributed by atoms with E-state index in [0.717, 1.165) is 43.1 Å². The number of hydrogen-bond acceptors (Lipinski definition) is 5. The SMILES string of the molecule is CC1(OC2CCCCO2)CC(CSc2nc3ccccc3s2)C1. The lowest BCUT2D eigenvalue weighted by Crippen LogP contribution is -2.47. The summed E-state index contributed by atoms with van der Waals surface area (Å²) in [6.07, 6.45) is 5.79. The normalized spacial score (nSPS) is 31.2. The van der Waals surface area contributed by atoms with Gasteiger partial charge >= 0.3 is 0 Å². The van der Waals surface area contributed by atoms with Crippen LogP contribution in [0, 0.1) is 5.92 Å². The molecule has 1 aromatic heterocycles. The second kappa shape index (κ2) is 6.71. The maximum absolute atomic E-state index is 6.20. The zero-order valence-electron chi connectivity index (χ0n) is 13.5. The first-order valence-electron chi connectivity index (χ1n) is 8.48. The Morgan fingerprint density at radius 2 is 2.22 bits per heavy atom. The lowest BCUT2D eigenvalue weighted by atomic mass is 9.73. The van der Waals surface area contributed by atoms with Crippen molar-refractivity contribution in [2.45, 2.75) is 55.3 Å². The largest absolute Gasteiger partial charge is 0.353 e. The number of benzene rings is 1. The van der Waals surface area contributed by atoms with Crippen molar-refractivity contribution < 1.29 is 9.47 Å². The van der Waals surface area contributed by atoms with Gasteiger partial charge in [-0.3, -0.25) is 0 Å². The van der Waals surface area contributed by atoms with Gasteiger partial charge in [0.1, 0.15) is 0 Å². The Hall–Kier alpha value is -0.620. The monoisotopic (exact) mass is 349 g/mol. The van der Waals surface area contributed by atoms with E-state index in [1.54, 1.807) is 11.3 Å². The van der Waals surface area contributed by atoms with E-state index in [-0.39, 0.29) is 11.9 Å². The van der Waals surface area contributed by atoms with Gasteiger partial charge in [0.25, 0.3) is 0 Å². The van der Waals surface area contributed by atoms with E-state index in [4.69, 9.17) is 14.5 Å². The van der Waals surface area contributed by atoms with Crippen LogP contribution in [0.5, 0.6) is 0 Å². The highest BCUT2D eigenvalue weighted by molar-refractivity contribution is 8.01. The molecule has 2 heterocycles. The fourth-order valence-corrected chi connectivity index (χ4v) is 5.78. The standard InChI is InChI=1S/C18H23NO2S2/c1-18(21-16-8-4-5-9-20-16)10-13(11-18)12-22-17-19-14-6-2-3-7-15(14)23-17/h2-3,6-7,13,16H,4-5,8-12H2,1H3. The van der Waals surface area contributed by atoms with Crippen LogP contribution in [0.3, 0.4) is 0 Å². The summed E-state index contributed by atoms with van der Waals surface area (Å²) in [6.45, 7) is 3.10. The van der Waals surface area contributed by atoms with Crippen molar-refractivity contribution in [2.75, 3.05) is 12.4 Å². The first kappa shape index (κ1) is 15.9. The lowest BCUT2D eigenvalue weighted by Gasteiger charge is -2.47. The third kappa shape index (κ3) is 3.73. The van der Waals surface area contributed by atoms with Crippen molar-refractivity contribution in [1.82, 2.24) is 4.98 Å². The molecule has 1 unspecified atom stereocenters. The second-order valence-corrected chi connectivity index (χ2v) is 9.19. The summed E-state index contributed by atoms with van der Waals surface area (Å²) < 4.78 is 14.4. The predicted molar refractivity (Wildman–Crippen MR) is 96.1 cm³/mol. The molecule has 3 nitrogen and oxygen atoms in total. The van der Waals surface area contributed by atoms with Crippen molar-refractivity contribution in [2.24, 2.45) is 5.92 Å². The van der Waals surface area contributed by atoms with E-state index < -0.39 is 0 Å². The van der Waals surface area contributed by atoms with Crippen LogP contribution in [0.1, 0.15) is 39.0 Å². The number of thiazole rings is 1. The Morgan fingerprint density at radius 3 is 3.00 bits per heavy atom. The van der Waals surface area contributed by atoms with Gasteiger partial charge in [-0.1, -0.05) is 23.9 Å². The van der Waals surface area contributed by atoms with E-state index >= 15 is 0 Å². The average Bonchev–Trinajstić information content (AvgIpc) is 2.94. The van der Waals surface area contributed by atoms with E-state index in [1.165, 1.54) is 21.9 Å². The van der Waals surface area contributed by atoms with E-state index in [0.29, 0.717) is 0 Å². The minimum absolute atomic E-state index is 0.0286. The molecular weight excluding hydrogens is 326 g/mol. The van der Waals surface area contributed by atoms with Crippen molar-refractivity contribution in [1.29, 1.82) is 0 Å². The van der Waals surface area contributed by atoms with Crippen LogP contribution < -0.4 is 0 Å². The number of aromatic nitrogens is 1. The molecule has 4 rings (SSSR count). The minimum Gasteiger partial charge on any atom is -0.353 e. The van der Waals surface area contributed by atoms with Gasteiger partial charge in [0.15, 0.2) is 10.6 Å². The highest BCUT2D eigenvalue weighted by Gasteiger charge is 2.43. The van der Waals surface area contributed by atoms with Crippen molar-refractivity contribution >= 4 is 33.3 Å². The van der Waals surface area contributed by atoms with Gasteiger partial charge < -0.3 is 9.47 Å². The molecule has 0 bridgehead atoms. The number of thioether (sulfide) groups is 1. The summed E-state index contributed by atoms with van der Waals surface area (Å²) in [6, 6.07) is 8.37.